The van der Waals surface area contributed by atoms with Crippen LogP contribution in [-0.2, 0) is 0 Å². The molecule has 0 aliphatic rings. The van der Waals surface area contributed by atoms with Gasteiger partial charge in [0.15, 0.2) is 0 Å². The predicted molar refractivity (Wildman–Crippen MR) is 41.5 cm³/mol. The van der Waals surface area contributed by atoms with Crippen molar-refractivity contribution in [2.75, 3.05) is 0 Å². The molecule has 0 fully saturated rings. The Morgan fingerprint density at radius 1 is 1.22 bits per heavy atom. The number of hydrogen-bond acceptors (Lipinski definition) is 0. The number of halogens is 3. The number of rotatable bonds is 1. The van der Waals surface area contributed by atoms with Crippen molar-refractivity contribution < 1.29 is 8.78 Å². The molecular formula is C5H9BrF2Sn. The van der Waals surface area contributed by atoms with E-state index >= 15 is 0 Å². The quantitative estimate of drug-likeness (QED) is 0.652. The summed E-state index contributed by atoms with van der Waals surface area (Å²) < 4.78 is 23.8. The normalized spacial score (nSPS) is 11.3. The Bertz CT molecular complexity index is 132. The molecule has 0 aromatic carbocycles. The van der Waals surface area contributed by atoms with Gasteiger partial charge in [-0.3, -0.25) is 0 Å². The van der Waals surface area contributed by atoms with Crippen LogP contribution in [0.3, 0.4) is 0 Å². The molecule has 0 aromatic heterocycles. The standard InChI is InChI=1S/C2BrF2.3CH3.Sn/c3-1-2(4)5;;;;/h;3*1H3;. The van der Waals surface area contributed by atoms with Crippen LogP contribution in [0.1, 0.15) is 0 Å². The average Bonchev–Trinajstić information content (AvgIpc) is 1.62. The SMILES string of the molecule is [CH3][Sn]([CH3])([CH3])[C](Br)=C(F)F. The Balaban J connectivity index is 4.40. The monoisotopic (exact) mass is 306 g/mol. The van der Waals surface area contributed by atoms with Crippen LogP contribution in [0.4, 0.5) is 8.78 Å². The van der Waals surface area contributed by atoms with Crippen LogP contribution in [0.15, 0.2) is 8.58 Å². The summed E-state index contributed by atoms with van der Waals surface area (Å²) in [5, 5.41) is 0. The van der Waals surface area contributed by atoms with Crippen LogP contribution < -0.4 is 0 Å². The van der Waals surface area contributed by atoms with E-state index in [0.29, 0.717) is 0 Å². The molecule has 0 aliphatic heterocycles. The molecule has 0 saturated carbocycles. The van der Waals surface area contributed by atoms with Gasteiger partial charge in [-0.05, 0) is 0 Å². The molecule has 0 saturated heterocycles. The molecule has 0 radical (unpaired) electrons. The fraction of sp³-hybridized carbons (Fsp3) is 0.600. The summed E-state index contributed by atoms with van der Waals surface area (Å²) >= 11 is 0.441. The first-order valence-electron chi connectivity index (χ1n) is 2.57. The maximum absolute atomic E-state index is 11.8. The minimum atomic E-state index is -2.45. The molecule has 0 aromatic rings. The van der Waals surface area contributed by atoms with Crippen molar-refractivity contribution in [3.8, 4) is 0 Å². The van der Waals surface area contributed by atoms with Gasteiger partial charge in [0, 0.05) is 0 Å². The zero-order chi connectivity index (χ0) is 7.65. The van der Waals surface area contributed by atoms with Crippen molar-refractivity contribution in [1.82, 2.24) is 0 Å². The van der Waals surface area contributed by atoms with Gasteiger partial charge in [0.25, 0.3) is 0 Å². The number of hydrogen-bond donors (Lipinski definition) is 0. The fourth-order valence-electron chi connectivity index (χ4n) is 0.283. The van der Waals surface area contributed by atoms with E-state index in [4.69, 9.17) is 0 Å². The van der Waals surface area contributed by atoms with Crippen LogP contribution in [0.5, 0.6) is 0 Å². The maximum atomic E-state index is 11.8. The third-order valence-electron chi connectivity index (χ3n) is 0.824. The summed E-state index contributed by atoms with van der Waals surface area (Å²) in [6.45, 7) is 0. The van der Waals surface area contributed by atoms with Crippen LogP contribution in [0.25, 0.3) is 0 Å². The van der Waals surface area contributed by atoms with E-state index in [9.17, 15) is 8.78 Å². The van der Waals surface area contributed by atoms with E-state index in [1.54, 1.807) is 0 Å². The van der Waals surface area contributed by atoms with Crippen molar-refractivity contribution in [3.05, 3.63) is 8.58 Å². The van der Waals surface area contributed by atoms with Crippen LogP contribution in [-0.4, -0.2) is 18.4 Å². The summed E-state index contributed by atoms with van der Waals surface area (Å²) in [6.07, 6.45) is -1.54. The molecule has 0 amide bonds. The summed E-state index contributed by atoms with van der Waals surface area (Å²) in [5.41, 5.74) is 0. The van der Waals surface area contributed by atoms with Gasteiger partial charge in [0.2, 0.25) is 0 Å². The van der Waals surface area contributed by atoms with E-state index in [0.717, 1.165) is 0 Å². The summed E-state index contributed by atoms with van der Waals surface area (Å²) in [6, 6.07) is 0. The molecule has 0 unspecified atom stereocenters. The van der Waals surface area contributed by atoms with Gasteiger partial charge in [-0.1, -0.05) is 0 Å². The second kappa shape index (κ2) is 3.32. The van der Waals surface area contributed by atoms with Crippen LogP contribution in [0, 0.1) is 0 Å². The topological polar surface area (TPSA) is 0 Å². The molecule has 0 bridgehead atoms. The molecule has 0 atom stereocenters. The molecule has 9 heavy (non-hydrogen) atoms. The molecular weight excluding hydrogens is 297 g/mol. The third-order valence-corrected chi connectivity index (χ3v) is 13.4. The van der Waals surface area contributed by atoms with Gasteiger partial charge in [0.05, 0.1) is 0 Å². The zero-order valence-electron chi connectivity index (χ0n) is 5.63. The predicted octanol–water partition coefficient (Wildman–Crippen LogP) is 3.37. The Hall–Kier alpha value is 0.879. The van der Waals surface area contributed by atoms with E-state index in [1.165, 1.54) is 0 Å². The van der Waals surface area contributed by atoms with Crippen molar-refractivity contribution in [3.63, 3.8) is 0 Å². The molecule has 0 spiro atoms. The van der Waals surface area contributed by atoms with Crippen molar-refractivity contribution in [1.29, 1.82) is 0 Å². The third kappa shape index (κ3) is 3.55. The first kappa shape index (κ1) is 9.88. The second-order valence-corrected chi connectivity index (χ2v) is 20.0. The minimum absolute atomic E-state index is 0.191. The van der Waals surface area contributed by atoms with E-state index in [1.807, 2.05) is 14.8 Å². The molecule has 54 valence electrons. The first-order valence-corrected chi connectivity index (χ1v) is 13.3. The summed E-state index contributed by atoms with van der Waals surface area (Å²) in [5.74, 6) is 0. The van der Waals surface area contributed by atoms with Crippen molar-refractivity contribution in [2.24, 2.45) is 0 Å². The van der Waals surface area contributed by atoms with E-state index < -0.39 is 24.5 Å². The zero-order valence-corrected chi connectivity index (χ0v) is 10.1. The first-order chi connectivity index (χ1) is 3.85. The summed E-state index contributed by atoms with van der Waals surface area (Å²) in [4.78, 5) is 5.79. The summed E-state index contributed by atoms with van der Waals surface area (Å²) in [7, 11) is 0. The van der Waals surface area contributed by atoms with Crippen LogP contribution >= 0.6 is 15.9 Å². The van der Waals surface area contributed by atoms with Gasteiger partial charge >= 0.3 is 66.5 Å². The molecule has 0 nitrogen and oxygen atoms in total. The van der Waals surface area contributed by atoms with Crippen LogP contribution in [0.2, 0.25) is 14.8 Å². The van der Waals surface area contributed by atoms with Crippen molar-refractivity contribution >= 4 is 34.3 Å². The van der Waals surface area contributed by atoms with Gasteiger partial charge < -0.3 is 0 Å². The molecule has 0 aliphatic carbocycles. The van der Waals surface area contributed by atoms with E-state index in [2.05, 4.69) is 15.9 Å². The second-order valence-electron chi connectivity index (χ2n) is 2.82. The Kier molecular flexibility index (Phi) is 3.65. The molecule has 0 rings (SSSR count). The Labute approximate surface area is 66.3 Å². The Morgan fingerprint density at radius 3 is 1.56 bits per heavy atom. The van der Waals surface area contributed by atoms with Crippen molar-refractivity contribution in [2.45, 2.75) is 14.8 Å². The molecule has 0 heterocycles. The molecule has 0 N–H and O–H groups in total. The Morgan fingerprint density at radius 2 is 1.56 bits per heavy atom. The average molecular weight is 306 g/mol. The van der Waals surface area contributed by atoms with Gasteiger partial charge in [0.1, 0.15) is 0 Å². The van der Waals surface area contributed by atoms with Gasteiger partial charge in [-0.25, -0.2) is 0 Å². The fourth-order valence-corrected chi connectivity index (χ4v) is 1.90. The van der Waals surface area contributed by atoms with E-state index in [-0.39, 0.29) is 2.50 Å². The van der Waals surface area contributed by atoms with Gasteiger partial charge in [-0.15, -0.1) is 0 Å². The van der Waals surface area contributed by atoms with Gasteiger partial charge in [-0.2, -0.15) is 0 Å². The molecule has 4 heteroatoms.